The first-order valence-corrected chi connectivity index (χ1v) is 4.75. The summed E-state index contributed by atoms with van der Waals surface area (Å²) in [6.45, 7) is 1.06. The summed E-state index contributed by atoms with van der Waals surface area (Å²) in [6, 6.07) is 8.69. The van der Waals surface area contributed by atoms with Crippen LogP contribution in [-0.4, -0.2) is 25.2 Å². The summed E-state index contributed by atoms with van der Waals surface area (Å²) in [4.78, 5) is 2.35. The fourth-order valence-corrected chi connectivity index (χ4v) is 1.98. The molecule has 70 valence electrons. The normalized spacial score (nSPS) is 22.8. The number of fused-ring (bicyclic) bond motifs is 1. The molecule has 1 atom stereocenters. The Kier molecular flexibility index (Phi) is 2.34. The van der Waals surface area contributed by atoms with Gasteiger partial charge in [-0.05, 0) is 25.2 Å². The zero-order chi connectivity index (χ0) is 9.26. The summed E-state index contributed by atoms with van der Waals surface area (Å²) < 4.78 is 0. The van der Waals surface area contributed by atoms with Crippen molar-refractivity contribution in [3.63, 3.8) is 0 Å². The fourth-order valence-electron chi connectivity index (χ4n) is 1.98. The van der Waals surface area contributed by atoms with Crippen LogP contribution >= 0.6 is 0 Å². The third kappa shape index (κ3) is 1.60. The van der Waals surface area contributed by atoms with Crippen LogP contribution in [0.25, 0.3) is 0 Å². The highest BCUT2D eigenvalue weighted by Gasteiger charge is 2.20. The highest BCUT2D eigenvalue weighted by Crippen LogP contribution is 2.19. The van der Waals surface area contributed by atoms with E-state index in [9.17, 15) is 0 Å². The molecule has 1 N–H and O–H groups in total. The van der Waals surface area contributed by atoms with Crippen molar-refractivity contribution in [2.45, 2.75) is 19.1 Å². The molecule has 13 heavy (non-hydrogen) atoms. The van der Waals surface area contributed by atoms with Crippen LogP contribution in [0.3, 0.4) is 0 Å². The van der Waals surface area contributed by atoms with E-state index in [-0.39, 0.29) is 0 Å². The van der Waals surface area contributed by atoms with E-state index < -0.39 is 0 Å². The van der Waals surface area contributed by atoms with Gasteiger partial charge in [0.1, 0.15) is 0 Å². The molecule has 2 nitrogen and oxygen atoms in total. The van der Waals surface area contributed by atoms with Gasteiger partial charge in [-0.15, -0.1) is 0 Å². The maximum absolute atomic E-state index is 3.32. The molecular formula is C11H16N2. The average molecular weight is 176 g/mol. The average Bonchev–Trinajstić information content (AvgIpc) is 2.17. The second-order valence-electron chi connectivity index (χ2n) is 3.69. The number of benzene rings is 1. The molecule has 0 aromatic heterocycles. The van der Waals surface area contributed by atoms with E-state index in [0.717, 1.165) is 13.0 Å². The lowest BCUT2D eigenvalue weighted by Crippen LogP contribution is -2.45. The van der Waals surface area contributed by atoms with Crippen molar-refractivity contribution in [1.82, 2.24) is 10.2 Å². The van der Waals surface area contributed by atoms with E-state index >= 15 is 0 Å². The van der Waals surface area contributed by atoms with Crippen LogP contribution in [-0.2, 0) is 13.0 Å². The van der Waals surface area contributed by atoms with Gasteiger partial charge in [0.2, 0.25) is 0 Å². The molecule has 0 saturated heterocycles. The van der Waals surface area contributed by atoms with Gasteiger partial charge in [0.05, 0.1) is 6.17 Å². The van der Waals surface area contributed by atoms with Crippen LogP contribution in [0, 0.1) is 0 Å². The molecule has 0 radical (unpaired) electrons. The number of hydrogen-bond donors (Lipinski definition) is 1. The van der Waals surface area contributed by atoms with Gasteiger partial charge in [0, 0.05) is 13.0 Å². The largest absolute Gasteiger partial charge is 0.305 e. The van der Waals surface area contributed by atoms with E-state index in [1.54, 1.807) is 0 Å². The number of likely N-dealkylation sites (N-methyl/N-ethyl adjacent to an activating group) is 2. The van der Waals surface area contributed by atoms with Crippen molar-refractivity contribution in [3.8, 4) is 0 Å². The van der Waals surface area contributed by atoms with Gasteiger partial charge in [-0.1, -0.05) is 24.3 Å². The van der Waals surface area contributed by atoms with Crippen molar-refractivity contribution in [1.29, 1.82) is 0 Å². The Labute approximate surface area is 79.6 Å². The highest BCUT2D eigenvalue weighted by molar-refractivity contribution is 5.29. The van der Waals surface area contributed by atoms with E-state index in [1.165, 1.54) is 11.1 Å². The molecule has 0 amide bonds. The molecular weight excluding hydrogens is 160 g/mol. The predicted octanol–water partition coefficient (Wildman–Crippen LogP) is 1.22. The third-order valence-corrected chi connectivity index (χ3v) is 2.82. The third-order valence-electron chi connectivity index (χ3n) is 2.82. The lowest BCUT2D eigenvalue weighted by atomic mass is 9.98. The first kappa shape index (κ1) is 8.73. The molecule has 1 aliphatic rings. The van der Waals surface area contributed by atoms with Crippen LogP contribution in [0.4, 0.5) is 0 Å². The van der Waals surface area contributed by atoms with Crippen LogP contribution in [0.1, 0.15) is 11.1 Å². The van der Waals surface area contributed by atoms with E-state index in [4.69, 9.17) is 0 Å². The summed E-state index contributed by atoms with van der Waals surface area (Å²) in [6.07, 6.45) is 1.61. The second-order valence-corrected chi connectivity index (χ2v) is 3.69. The highest BCUT2D eigenvalue weighted by atomic mass is 15.2. The van der Waals surface area contributed by atoms with Crippen molar-refractivity contribution >= 4 is 0 Å². The molecule has 0 spiro atoms. The van der Waals surface area contributed by atoms with Crippen LogP contribution < -0.4 is 5.32 Å². The molecule has 2 heteroatoms. The van der Waals surface area contributed by atoms with Gasteiger partial charge in [-0.2, -0.15) is 0 Å². The molecule has 1 unspecified atom stereocenters. The van der Waals surface area contributed by atoms with E-state index in [1.807, 2.05) is 7.05 Å². The summed E-state index contributed by atoms with van der Waals surface area (Å²) in [5, 5.41) is 3.32. The lowest BCUT2D eigenvalue weighted by Gasteiger charge is -2.33. The maximum Gasteiger partial charge on any atom is 0.0636 e. The van der Waals surface area contributed by atoms with Gasteiger partial charge in [-0.3, -0.25) is 4.90 Å². The summed E-state index contributed by atoms with van der Waals surface area (Å²) in [7, 11) is 4.19. The first-order valence-electron chi connectivity index (χ1n) is 4.75. The number of rotatable bonds is 1. The zero-order valence-electron chi connectivity index (χ0n) is 8.25. The minimum absolute atomic E-state index is 0.495. The molecule has 0 saturated carbocycles. The smallest absolute Gasteiger partial charge is 0.0636 e. The molecule has 0 bridgehead atoms. The van der Waals surface area contributed by atoms with Gasteiger partial charge in [-0.25, -0.2) is 0 Å². The molecule has 1 heterocycles. The number of hydrogen-bond acceptors (Lipinski definition) is 2. The summed E-state index contributed by atoms with van der Waals surface area (Å²) in [5.41, 5.74) is 2.96. The Balaban J connectivity index is 2.27. The molecule has 0 aliphatic carbocycles. The van der Waals surface area contributed by atoms with Gasteiger partial charge < -0.3 is 5.32 Å². The quantitative estimate of drug-likeness (QED) is 0.692. The Bertz CT molecular complexity index is 296. The first-order chi connectivity index (χ1) is 6.31. The molecule has 2 rings (SSSR count). The Morgan fingerprint density at radius 1 is 1.31 bits per heavy atom. The topological polar surface area (TPSA) is 15.3 Å². The zero-order valence-corrected chi connectivity index (χ0v) is 8.25. The standard InChI is InChI=1S/C11H16N2/c1-12-11-7-9-5-3-4-6-10(9)8-13(11)2/h3-6,11-12H,7-8H2,1-2H3. The predicted molar refractivity (Wildman–Crippen MR) is 54.5 cm³/mol. The monoisotopic (exact) mass is 176 g/mol. The van der Waals surface area contributed by atoms with Crippen LogP contribution in [0.5, 0.6) is 0 Å². The van der Waals surface area contributed by atoms with Crippen molar-refractivity contribution < 1.29 is 0 Å². The van der Waals surface area contributed by atoms with Gasteiger partial charge in [0.15, 0.2) is 0 Å². The fraction of sp³-hybridized carbons (Fsp3) is 0.455. The van der Waals surface area contributed by atoms with Gasteiger partial charge in [0.25, 0.3) is 0 Å². The van der Waals surface area contributed by atoms with Crippen molar-refractivity contribution in [2.24, 2.45) is 0 Å². The van der Waals surface area contributed by atoms with Crippen molar-refractivity contribution in [3.05, 3.63) is 35.4 Å². The molecule has 1 aromatic carbocycles. The van der Waals surface area contributed by atoms with Crippen molar-refractivity contribution in [2.75, 3.05) is 14.1 Å². The molecule has 1 aromatic rings. The molecule has 1 aliphatic heterocycles. The maximum atomic E-state index is 3.32. The van der Waals surface area contributed by atoms with Gasteiger partial charge >= 0.3 is 0 Å². The Morgan fingerprint density at radius 3 is 2.69 bits per heavy atom. The SMILES string of the molecule is CNC1Cc2ccccc2CN1C. The number of nitrogens with zero attached hydrogens (tertiary/aromatic N) is 1. The Hall–Kier alpha value is -0.860. The molecule has 0 fully saturated rings. The van der Waals surface area contributed by atoms with Crippen LogP contribution in [0.2, 0.25) is 0 Å². The van der Waals surface area contributed by atoms with Crippen LogP contribution in [0.15, 0.2) is 24.3 Å². The summed E-state index contributed by atoms with van der Waals surface area (Å²) >= 11 is 0. The van der Waals surface area contributed by atoms with E-state index in [0.29, 0.717) is 6.17 Å². The summed E-state index contributed by atoms with van der Waals surface area (Å²) in [5.74, 6) is 0. The second kappa shape index (κ2) is 3.48. The number of nitrogens with one attached hydrogen (secondary N) is 1. The Morgan fingerprint density at radius 2 is 2.00 bits per heavy atom. The van der Waals surface area contributed by atoms with E-state index in [2.05, 4.69) is 41.5 Å². The minimum atomic E-state index is 0.495. The minimum Gasteiger partial charge on any atom is -0.305 e. The lowest BCUT2D eigenvalue weighted by molar-refractivity contribution is 0.189.